The van der Waals surface area contributed by atoms with Gasteiger partial charge >= 0.3 is 5.97 Å². The average Bonchev–Trinajstić information content (AvgIpc) is 3.15. The smallest absolute Gasteiger partial charge is 0.335 e. The molecule has 3 atom stereocenters. The first kappa shape index (κ1) is 22.0. The zero-order chi connectivity index (χ0) is 22.5. The molecular weight excluding hydrogens is 400 g/mol. The fraction of sp³-hybridized carbons (Fsp3) is 0.286. The molecule has 0 saturated heterocycles. The van der Waals surface area contributed by atoms with Crippen LogP contribution in [0.3, 0.4) is 0 Å². The van der Waals surface area contributed by atoms with E-state index in [4.69, 9.17) is 5.11 Å². The lowest BCUT2D eigenvalue weighted by atomic mass is 9.88. The highest BCUT2D eigenvalue weighted by Crippen LogP contribution is 2.33. The van der Waals surface area contributed by atoms with E-state index in [1.54, 1.807) is 12.1 Å². The van der Waals surface area contributed by atoms with Gasteiger partial charge in [0, 0.05) is 18.8 Å². The van der Waals surface area contributed by atoms with Crippen molar-refractivity contribution in [3.8, 4) is 0 Å². The van der Waals surface area contributed by atoms with Gasteiger partial charge in [0.05, 0.1) is 11.7 Å². The van der Waals surface area contributed by atoms with Gasteiger partial charge in [-0.05, 0) is 59.2 Å². The number of allylic oxidation sites excluding steroid dienone is 1. The van der Waals surface area contributed by atoms with E-state index in [9.17, 15) is 14.7 Å². The van der Waals surface area contributed by atoms with Crippen molar-refractivity contribution in [2.75, 3.05) is 0 Å². The minimum absolute atomic E-state index is 0.0433. The molecule has 0 aromatic heterocycles. The number of hydrogen-bond donors (Lipinski definition) is 2. The summed E-state index contributed by atoms with van der Waals surface area (Å²) in [5.74, 6) is -0.550. The Morgan fingerprint density at radius 2 is 1.72 bits per heavy atom. The third-order valence-corrected chi connectivity index (χ3v) is 6.44. The number of aliphatic hydroxyl groups is 1. The molecule has 0 radical (unpaired) electrons. The highest BCUT2D eigenvalue weighted by molar-refractivity contribution is 5.87. The first-order chi connectivity index (χ1) is 15.5. The molecule has 3 aromatic rings. The highest BCUT2D eigenvalue weighted by atomic mass is 16.4. The predicted molar refractivity (Wildman–Crippen MR) is 126 cm³/mol. The number of hydrogen-bond acceptors (Lipinski definition) is 3. The van der Waals surface area contributed by atoms with E-state index in [0.717, 1.165) is 30.4 Å². The monoisotopic (exact) mass is 428 g/mol. The number of carbonyl (C=O) groups is 2. The fourth-order valence-electron chi connectivity index (χ4n) is 4.62. The summed E-state index contributed by atoms with van der Waals surface area (Å²) in [5.41, 5.74) is 2.39. The predicted octanol–water partition coefficient (Wildman–Crippen LogP) is 5.23. The minimum atomic E-state index is -0.935. The molecule has 4 rings (SSSR count). The zero-order valence-corrected chi connectivity index (χ0v) is 18.0. The molecule has 0 amide bonds. The van der Waals surface area contributed by atoms with Gasteiger partial charge in [-0.1, -0.05) is 66.7 Å². The van der Waals surface area contributed by atoms with Crippen LogP contribution in [0.5, 0.6) is 0 Å². The van der Waals surface area contributed by atoms with Gasteiger partial charge in [-0.25, -0.2) is 4.79 Å². The van der Waals surface area contributed by atoms with Gasteiger partial charge in [0.1, 0.15) is 5.78 Å². The number of carbonyl (C=O) groups excluding carboxylic acids is 1. The van der Waals surface area contributed by atoms with Crippen molar-refractivity contribution >= 4 is 22.5 Å². The van der Waals surface area contributed by atoms with E-state index in [1.807, 2.05) is 36.4 Å². The zero-order valence-electron chi connectivity index (χ0n) is 18.0. The molecule has 1 unspecified atom stereocenters. The third kappa shape index (κ3) is 5.32. The summed E-state index contributed by atoms with van der Waals surface area (Å²) in [6, 6.07) is 21.3. The van der Waals surface area contributed by atoms with Crippen LogP contribution in [-0.4, -0.2) is 28.1 Å². The van der Waals surface area contributed by atoms with Crippen molar-refractivity contribution in [3.05, 3.63) is 95.6 Å². The summed E-state index contributed by atoms with van der Waals surface area (Å²) in [7, 11) is 0. The first-order valence-electron chi connectivity index (χ1n) is 11.2. The molecule has 4 nitrogen and oxygen atoms in total. The van der Waals surface area contributed by atoms with Crippen molar-refractivity contribution in [1.82, 2.24) is 0 Å². The van der Waals surface area contributed by atoms with Crippen LogP contribution in [0.15, 0.2) is 78.9 Å². The molecule has 32 heavy (non-hydrogen) atoms. The standard InChI is InChI=1S/C28H28O4/c29-25(18-20-7-9-21-3-1-2-4-24(21)17-20)14-12-22-13-16-27(30)26(22)15-8-19-5-10-23(11-6-19)28(31)32/h1-7,9-12,14,17,22,25-26,29H,8,13,15-16,18H2,(H,31,32)/t22-,25?,26+/m0/s1. The fourth-order valence-corrected chi connectivity index (χ4v) is 4.62. The number of aromatic carboxylic acids is 1. The number of rotatable bonds is 8. The van der Waals surface area contributed by atoms with E-state index >= 15 is 0 Å². The van der Waals surface area contributed by atoms with Crippen LogP contribution in [0.1, 0.15) is 40.7 Å². The molecule has 0 spiro atoms. The Morgan fingerprint density at radius 3 is 2.47 bits per heavy atom. The van der Waals surface area contributed by atoms with Gasteiger partial charge in [-0.3, -0.25) is 4.79 Å². The summed E-state index contributed by atoms with van der Waals surface area (Å²) in [6.45, 7) is 0. The number of aryl methyl sites for hydroxylation is 1. The van der Waals surface area contributed by atoms with Gasteiger partial charge in [0.15, 0.2) is 0 Å². The van der Waals surface area contributed by atoms with Crippen molar-refractivity contribution in [2.45, 2.75) is 38.2 Å². The molecule has 1 aliphatic carbocycles. The second-order valence-corrected chi connectivity index (χ2v) is 8.65. The van der Waals surface area contributed by atoms with Gasteiger partial charge in [-0.2, -0.15) is 0 Å². The van der Waals surface area contributed by atoms with Crippen molar-refractivity contribution in [1.29, 1.82) is 0 Å². The Bertz CT molecular complexity index is 1130. The normalized spacial score (nSPS) is 19.6. The number of benzene rings is 3. The Morgan fingerprint density at radius 1 is 1.00 bits per heavy atom. The SMILES string of the molecule is O=C(O)c1ccc(CC[C@H]2C(=O)CC[C@@H]2C=CC(O)Cc2ccc3ccccc3c2)cc1. The van der Waals surface area contributed by atoms with E-state index in [0.29, 0.717) is 12.8 Å². The Kier molecular flexibility index (Phi) is 6.81. The summed E-state index contributed by atoms with van der Waals surface area (Å²) in [4.78, 5) is 23.4. The molecule has 1 fully saturated rings. The van der Waals surface area contributed by atoms with Crippen LogP contribution >= 0.6 is 0 Å². The van der Waals surface area contributed by atoms with Crippen LogP contribution in [0.4, 0.5) is 0 Å². The lowest BCUT2D eigenvalue weighted by Gasteiger charge is -2.16. The molecule has 0 heterocycles. The highest BCUT2D eigenvalue weighted by Gasteiger charge is 2.32. The maximum absolute atomic E-state index is 12.4. The van der Waals surface area contributed by atoms with Crippen LogP contribution in [0, 0.1) is 11.8 Å². The second kappa shape index (κ2) is 9.92. The minimum Gasteiger partial charge on any atom is -0.478 e. The topological polar surface area (TPSA) is 74.6 Å². The van der Waals surface area contributed by atoms with Crippen LogP contribution in [0.2, 0.25) is 0 Å². The van der Waals surface area contributed by atoms with E-state index < -0.39 is 12.1 Å². The van der Waals surface area contributed by atoms with Gasteiger partial charge in [0.25, 0.3) is 0 Å². The number of ketones is 1. The molecule has 4 heteroatoms. The van der Waals surface area contributed by atoms with Crippen LogP contribution in [-0.2, 0) is 17.6 Å². The number of carboxylic acid groups (broad SMARTS) is 1. The van der Waals surface area contributed by atoms with Crippen molar-refractivity contribution in [2.24, 2.45) is 11.8 Å². The molecular formula is C28H28O4. The Hall–Kier alpha value is -3.24. The molecule has 0 aliphatic heterocycles. The number of carboxylic acids is 1. The third-order valence-electron chi connectivity index (χ3n) is 6.44. The van der Waals surface area contributed by atoms with Crippen LogP contribution in [0.25, 0.3) is 10.8 Å². The maximum Gasteiger partial charge on any atom is 0.335 e. The quantitative estimate of drug-likeness (QED) is 0.482. The molecule has 1 aliphatic rings. The van der Waals surface area contributed by atoms with E-state index in [1.165, 1.54) is 10.8 Å². The molecule has 3 aromatic carbocycles. The number of Topliss-reactive ketones (excluding diaryl/α,β-unsaturated/α-hetero) is 1. The Balaban J connectivity index is 1.35. The van der Waals surface area contributed by atoms with Gasteiger partial charge in [-0.15, -0.1) is 0 Å². The second-order valence-electron chi connectivity index (χ2n) is 8.65. The van der Waals surface area contributed by atoms with Gasteiger partial charge < -0.3 is 10.2 Å². The summed E-state index contributed by atoms with van der Waals surface area (Å²) >= 11 is 0. The van der Waals surface area contributed by atoms with E-state index in [-0.39, 0.29) is 23.2 Å². The van der Waals surface area contributed by atoms with Crippen molar-refractivity contribution in [3.63, 3.8) is 0 Å². The Labute approximate surface area is 188 Å². The van der Waals surface area contributed by atoms with Crippen LogP contribution < -0.4 is 0 Å². The molecule has 164 valence electrons. The average molecular weight is 429 g/mol. The number of fused-ring (bicyclic) bond motifs is 1. The van der Waals surface area contributed by atoms with Gasteiger partial charge in [0.2, 0.25) is 0 Å². The lowest BCUT2D eigenvalue weighted by Crippen LogP contribution is -2.15. The lowest BCUT2D eigenvalue weighted by molar-refractivity contribution is -0.121. The largest absolute Gasteiger partial charge is 0.478 e. The van der Waals surface area contributed by atoms with E-state index in [2.05, 4.69) is 30.3 Å². The molecule has 1 saturated carbocycles. The first-order valence-corrected chi connectivity index (χ1v) is 11.2. The molecule has 2 N–H and O–H groups in total. The van der Waals surface area contributed by atoms with Crippen molar-refractivity contribution < 1.29 is 19.8 Å². The summed E-state index contributed by atoms with van der Waals surface area (Å²) < 4.78 is 0. The molecule has 0 bridgehead atoms. The maximum atomic E-state index is 12.4. The summed E-state index contributed by atoms with van der Waals surface area (Å²) in [5, 5.41) is 21.9. The summed E-state index contributed by atoms with van der Waals surface area (Å²) in [6.07, 6.45) is 6.70. The number of aliphatic hydroxyl groups excluding tert-OH is 1.